The zero-order valence-corrected chi connectivity index (χ0v) is 16.7. The third-order valence-electron chi connectivity index (χ3n) is 4.55. The first-order chi connectivity index (χ1) is 13.6. The van der Waals surface area contributed by atoms with Gasteiger partial charge in [0.25, 0.3) is 5.91 Å². The van der Waals surface area contributed by atoms with Gasteiger partial charge in [0.1, 0.15) is 5.69 Å². The third kappa shape index (κ3) is 4.94. The Hall–Kier alpha value is -3.21. The van der Waals surface area contributed by atoms with Crippen LogP contribution in [0.25, 0.3) is 0 Å². The molecule has 0 aliphatic rings. The summed E-state index contributed by atoms with van der Waals surface area (Å²) in [5.74, 6) is 0.481. The molecule has 0 saturated carbocycles. The number of hydrogen-bond donors (Lipinski definition) is 0. The van der Waals surface area contributed by atoms with Crippen LogP contribution < -0.4 is 4.90 Å². The van der Waals surface area contributed by atoms with Crippen LogP contribution in [0.4, 0.5) is 5.95 Å². The topological polar surface area (TPSA) is 49.3 Å². The number of anilines is 1. The molecule has 0 spiro atoms. The van der Waals surface area contributed by atoms with Crippen LogP contribution in [0.2, 0.25) is 0 Å². The van der Waals surface area contributed by atoms with Crippen molar-refractivity contribution in [3.63, 3.8) is 0 Å². The average Bonchev–Trinajstić information content (AvgIpc) is 2.72. The summed E-state index contributed by atoms with van der Waals surface area (Å²) in [6, 6.07) is 21.9. The van der Waals surface area contributed by atoms with Gasteiger partial charge in [-0.3, -0.25) is 4.79 Å². The Labute approximate surface area is 166 Å². The standard InChI is InChI=1S/C23H26N4O/c1-4-27(17-20-13-9-6-10-14-20)22(28)21-15-18(2)24-23(25-21)26(3)16-19-11-7-5-8-12-19/h5-15H,4,16-17H2,1-3H3. The molecule has 0 saturated heterocycles. The molecule has 5 nitrogen and oxygen atoms in total. The molecule has 0 fully saturated rings. The molecule has 0 unspecified atom stereocenters. The van der Waals surface area contributed by atoms with Gasteiger partial charge in [-0.15, -0.1) is 0 Å². The van der Waals surface area contributed by atoms with E-state index in [9.17, 15) is 4.79 Å². The molecule has 0 radical (unpaired) electrons. The second kappa shape index (κ2) is 9.13. The summed E-state index contributed by atoms with van der Waals surface area (Å²) in [7, 11) is 1.94. The first-order valence-electron chi connectivity index (χ1n) is 9.50. The molecule has 3 rings (SSSR count). The minimum Gasteiger partial charge on any atom is -0.340 e. The maximum Gasteiger partial charge on any atom is 0.272 e. The smallest absolute Gasteiger partial charge is 0.272 e. The van der Waals surface area contributed by atoms with Crippen LogP contribution in [0.15, 0.2) is 66.7 Å². The molecule has 1 heterocycles. The average molecular weight is 374 g/mol. The minimum atomic E-state index is -0.0776. The number of rotatable bonds is 7. The van der Waals surface area contributed by atoms with E-state index in [2.05, 4.69) is 22.1 Å². The van der Waals surface area contributed by atoms with Crippen molar-refractivity contribution in [2.45, 2.75) is 26.9 Å². The fourth-order valence-corrected chi connectivity index (χ4v) is 3.05. The van der Waals surface area contributed by atoms with Gasteiger partial charge in [0.15, 0.2) is 0 Å². The van der Waals surface area contributed by atoms with E-state index in [1.54, 1.807) is 11.0 Å². The van der Waals surface area contributed by atoms with Crippen LogP contribution in [0.3, 0.4) is 0 Å². The molecule has 1 aromatic heterocycles. The third-order valence-corrected chi connectivity index (χ3v) is 4.55. The number of aromatic nitrogens is 2. The Balaban J connectivity index is 1.80. The van der Waals surface area contributed by atoms with Gasteiger partial charge in [-0.25, -0.2) is 9.97 Å². The SMILES string of the molecule is CCN(Cc1ccccc1)C(=O)c1cc(C)nc(N(C)Cc2ccccc2)n1. The second-order valence-corrected chi connectivity index (χ2v) is 6.84. The summed E-state index contributed by atoms with van der Waals surface area (Å²) in [5.41, 5.74) is 3.48. The van der Waals surface area contributed by atoms with E-state index in [0.717, 1.165) is 11.3 Å². The van der Waals surface area contributed by atoms with Crippen LogP contribution >= 0.6 is 0 Å². The molecule has 0 N–H and O–H groups in total. The minimum absolute atomic E-state index is 0.0776. The van der Waals surface area contributed by atoms with Crippen molar-refractivity contribution in [3.8, 4) is 0 Å². The molecule has 0 bridgehead atoms. The number of nitrogens with zero attached hydrogens (tertiary/aromatic N) is 4. The molecule has 0 aliphatic heterocycles. The fourth-order valence-electron chi connectivity index (χ4n) is 3.05. The normalized spacial score (nSPS) is 10.5. The summed E-state index contributed by atoms with van der Waals surface area (Å²) in [6.45, 7) is 5.74. The molecule has 2 aromatic carbocycles. The lowest BCUT2D eigenvalue weighted by Crippen LogP contribution is -2.31. The second-order valence-electron chi connectivity index (χ2n) is 6.84. The van der Waals surface area contributed by atoms with Gasteiger partial charge in [-0.2, -0.15) is 0 Å². The molecule has 0 atom stereocenters. The van der Waals surface area contributed by atoms with E-state index < -0.39 is 0 Å². The van der Waals surface area contributed by atoms with Crippen molar-refractivity contribution in [2.75, 3.05) is 18.5 Å². The van der Waals surface area contributed by atoms with Gasteiger partial charge in [0, 0.05) is 32.4 Å². The van der Waals surface area contributed by atoms with Crippen LogP contribution in [0.5, 0.6) is 0 Å². The lowest BCUT2D eigenvalue weighted by molar-refractivity contribution is 0.0746. The van der Waals surface area contributed by atoms with E-state index in [0.29, 0.717) is 31.3 Å². The lowest BCUT2D eigenvalue weighted by Gasteiger charge is -2.22. The molecular formula is C23H26N4O. The lowest BCUT2D eigenvalue weighted by atomic mass is 10.2. The van der Waals surface area contributed by atoms with Crippen molar-refractivity contribution in [1.82, 2.24) is 14.9 Å². The Morgan fingerprint density at radius 1 is 0.893 bits per heavy atom. The highest BCUT2D eigenvalue weighted by Crippen LogP contribution is 2.15. The van der Waals surface area contributed by atoms with Gasteiger partial charge in [-0.1, -0.05) is 60.7 Å². The van der Waals surface area contributed by atoms with Gasteiger partial charge in [-0.05, 0) is 31.0 Å². The molecule has 5 heteroatoms. The van der Waals surface area contributed by atoms with Gasteiger partial charge in [0.2, 0.25) is 5.95 Å². The molecule has 3 aromatic rings. The van der Waals surface area contributed by atoms with E-state index in [1.807, 2.05) is 74.3 Å². The Morgan fingerprint density at radius 2 is 1.46 bits per heavy atom. The van der Waals surface area contributed by atoms with Crippen molar-refractivity contribution >= 4 is 11.9 Å². The van der Waals surface area contributed by atoms with Gasteiger partial charge in [0.05, 0.1) is 0 Å². The van der Waals surface area contributed by atoms with Gasteiger partial charge >= 0.3 is 0 Å². The summed E-state index contributed by atoms with van der Waals surface area (Å²) in [5, 5.41) is 0. The van der Waals surface area contributed by atoms with Crippen molar-refractivity contribution < 1.29 is 4.79 Å². The summed E-state index contributed by atoms with van der Waals surface area (Å²) in [6.07, 6.45) is 0. The number of aryl methyl sites for hydroxylation is 1. The van der Waals surface area contributed by atoms with E-state index in [1.165, 1.54) is 5.56 Å². The van der Waals surface area contributed by atoms with Crippen LogP contribution in [0, 0.1) is 6.92 Å². The highest BCUT2D eigenvalue weighted by atomic mass is 16.2. The maximum absolute atomic E-state index is 13.1. The Morgan fingerprint density at radius 3 is 2.04 bits per heavy atom. The highest BCUT2D eigenvalue weighted by Gasteiger charge is 2.18. The number of hydrogen-bond acceptors (Lipinski definition) is 4. The zero-order valence-electron chi connectivity index (χ0n) is 16.7. The quantitative estimate of drug-likeness (QED) is 0.625. The van der Waals surface area contributed by atoms with Gasteiger partial charge < -0.3 is 9.80 Å². The Kier molecular flexibility index (Phi) is 6.37. The molecule has 1 amide bonds. The summed E-state index contributed by atoms with van der Waals surface area (Å²) in [4.78, 5) is 25.9. The molecular weight excluding hydrogens is 348 g/mol. The fraction of sp³-hybridized carbons (Fsp3) is 0.261. The number of benzene rings is 2. The predicted molar refractivity (Wildman–Crippen MR) is 112 cm³/mol. The first-order valence-corrected chi connectivity index (χ1v) is 9.50. The van der Waals surface area contributed by atoms with E-state index >= 15 is 0 Å². The Bertz CT molecular complexity index is 912. The van der Waals surface area contributed by atoms with Crippen molar-refractivity contribution in [2.24, 2.45) is 0 Å². The number of carbonyl (C=O) groups excluding carboxylic acids is 1. The first kappa shape index (κ1) is 19.5. The van der Waals surface area contributed by atoms with Crippen LogP contribution in [0.1, 0.15) is 34.2 Å². The zero-order chi connectivity index (χ0) is 19.9. The van der Waals surface area contributed by atoms with Crippen LogP contribution in [-0.2, 0) is 13.1 Å². The molecule has 144 valence electrons. The molecule has 0 aliphatic carbocycles. The number of amides is 1. The predicted octanol–water partition coefficient (Wildman–Crippen LogP) is 4.08. The molecule has 28 heavy (non-hydrogen) atoms. The van der Waals surface area contributed by atoms with E-state index in [-0.39, 0.29) is 5.91 Å². The highest BCUT2D eigenvalue weighted by molar-refractivity contribution is 5.92. The summed E-state index contributed by atoms with van der Waals surface area (Å²) >= 11 is 0. The van der Waals surface area contributed by atoms with Crippen molar-refractivity contribution in [1.29, 1.82) is 0 Å². The van der Waals surface area contributed by atoms with Crippen molar-refractivity contribution in [3.05, 3.63) is 89.2 Å². The maximum atomic E-state index is 13.1. The summed E-state index contributed by atoms with van der Waals surface area (Å²) < 4.78 is 0. The number of carbonyl (C=O) groups is 1. The van der Waals surface area contributed by atoms with E-state index in [4.69, 9.17) is 0 Å². The largest absolute Gasteiger partial charge is 0.340 e. The van der Waals surface area contributed by atoms with Crippen LogP contribution in [-0.4, -0.2) is 34.4 Å². The monoisotopic (exact) mass is 374 g/mol.